The normalized spacial score (nSPS) is 26.2. The van der Waals surface area contributed by atoms with Gasteiger partial charge in [0.1, 0.15) is 30.2 Å². The first kappa shape index (κ1) is 22.2. The Balaban J connectivity index is 1.70. The van der Waals surface area contributed by atoms with Gasteiger partial charge in [0, 0.05) is 12.1 Å². The van der Waals surface area contributed by atoms with Crippen LogP contribution < -0.4 is 10.1 Å². The van der Waals surface area contributed by atoms with Gasteiger partial charge >= 0.3 is 0 Å². The standard InChI is InChI=1S/C21H25NO8/c23-9-8-22-20(28)14-3-1-2-13(10-14)12-4-6-15(7-5-12)29-21-19(27)18(26)17(25)16(11-24)30-21/h1-7,10,16-19,21,23-27H,8-9,11H2,(H,22,28)/t16-,17-,18-,19-,21+/m1/s1. The molecule has 0 saturated carbocycles. The highest BCUT2D eigenvalue weighted by molar-refractivity contribution is 5.95. The van der Waals surface area contributed by atoms with Gasteiger partial charge in [-0.3, -0.25) is 4.79 Å². The average Bonchev–Trinajstić information content (AvgIpc) is 2.78. The zero-order valence-corrected chi connectivity index (χ0v) is 16.1. The first-order valence-corrected chi connectivity index (χ1v) is 9.51. The van der Waals surface area contributed by atoms with E-state index in [0.717, 1.165) is 11.1 Å². The number of ether oxygens (including phenoxy) is 2. The molecule has 1 amide bonds. The molecule has 1 aliphatic rings. The molecule has 0 aliphatic carbocycles. The first-order valence-electron chi connectivity index (χ1n) is 9.51. The molecule has 162 valence electrons. The van der Waals surface area contributed by atoms with Crippen LogP contribution in [0.2, 0.25) is 0 Å². The minimum Gasteiger partial charge on any atom is -0.462 e. The van der Waals surface area contributed by atoms with E-state index >= 15 is 0 Å². The van der Waals surface area contributed by atoms with Crippen LogP contribution in [0.15, 0.2) is 48.5 Å². The van der Waals surface area contributed by atoms with E-state index in [4.69, 9.17) is 14.6 Å². The second-order valence-corrected chi connectivity index (χ2v) is 6.90. The molecular weight excluding hydrogens is 394 g/mol. The van der Waals surface area contributed by atoms with Gasteiger partial charge in [-0.05, 0) is 35.4 Å². The summed E-state index contributed by atoms with van der Waals surface area (Å²) in [7, 11) is 0. The lowest BCUT2D eigenvalue weighted by Gasteiger charge is -2.39. The fourth-order valence-corrected chi connectivity index (χ4v) is 3.14. The van der Waals surface area contributed by atoms with E-state index in [9.17, 15) is 25.2 Å². The van der Waals surface area contributed by atoms with Crippen LogP contribution in [0.1, 0.15) is 10.4 Å². The SMILES string of the molecule is O=C(NCCO)c1cccc(-c2ccc(O[C@H]3O[C@H](CO)[C@@H](O)[C@@H](O)[C@H]3O)cc2)c1. The maximum atomic E-state index is 12.1. The molecule has 1 heterocycles. The molecule has 9 heteroatoms. The van der Waals surface area contributed by atoms with Gasteiger partial charge in [-0.15, -0.1) is 0 Å². The van der Waals surface area contributed by atoms with Gasteiger partial charge < -0.3 is 40.3 Å². The van der Waals surface area contributed by atoms with Crippen molar-refractivity contribution in [3.63, 3.8) is 0 Å². The molecule has 30 heavy (non-hydrogen) atoms. The van der Waals surface area contributed by atoms with Gasteiger partial charge in [0.2, 0.25) is 6.29 Å². The molecule has 0 spiro atoms. The van der Waals surface area contributed by atoms with E-state index in [-0.39, 0.29) is 19.1 Å². The van der Waals surface area contributed by atoms with Crippen molar-refractivity contribution in [1.82, 2.24) is 5.32 Å². The molecule has 6 N–H and O–H groups in total. The predicted octanol–water partition coefficient (Wildman–Crippen LogP) is -0.746. The third-order valence-electron chi connectivity index (χ3n) is 4.81. The highest BCUT2D eigenvalue weighted by Gasteiger charge is 2.44. The summed E-state index contributed by atoms with van der Waals surface area (Å²) in [4.78, 5) is 12.1. The third-order valence-corrected chi connectivity index (χ3v) is 4.81. The summed E-state index contributed by atoms with van der Waals surface area (Å²) < 4.78 is 10.9. The number of hydrogen-bond acceptors (Lipinski definition) is 8. The number of hydrogen-bond donors (Lipinski definition) is 6. The number of nitrogens with one attached hydrogen (secondary N) is 1. The zero-order valence-electron chi connectivity index (χ0n) is 16.1. The number of aliphatic hydroxyl groups is 5. The minimum atomic E-state index is -1.51. The molecule has 0 bridgehead atoms. The molecule has 9 nitrogen and oxygen atoms in total. The lowest BCUT2D eigenvalue weighted by molar-refractivity contribution is -0.277. The Morgan fingerprint density at radius 1 is 0.967 bits per heavy atom. The van der Waals surface area contributed by atoms with Crippen molar-refractivity contribution in [3.8, 4) is 16.9 Å². The van der Waals surface area contributed by atoms with Crippen molar-refractivity contribution in [2.45, 2.75) is 30.7 Å². The number of amides is 1. The number of aliphatic hydroxyl groups excluding tert-OH is 5. The summed E-state index contributed by atoms with van der Waals surface area (Å²) in [5.74, 6) is 0.0633. The summed E-state index contributed by atoms with van der Waals surface area (Å²) >= 11 is 0. The molecule has 1 saturated heterocycles. The van der Waals surface area contributed by atoms with Gasteiger partial charge in [0.25, 0.3) is 5.91 Å². The van der Waals surface area contributed by atoms with Crippen LogP contribution in [0, 0.1) is 0 Å². The van der Waals surface area contributed by atoms with Crippen molar-refractivity contribution in [2.24, 2.45) is 0 Å². The minimum absolute atomic E-state index is 0.138. The van der Waals surface area contributed by atoms with E-state index in [2.05, 4.69) is 5.32 Å². The van der Waals surface area contributed by atoms with Crippen LogP contribution in [-0.4, -0.2) is 81.9 Å². The zero-order chi connectivity index (χ0) is 21.7. The Morgan fingerprint density at radius 2 is 1.70 bits per heavy atom. The Bertz CT molecular complexity index is 841. The monoisotopic (exact) mass is 419 g/mol. The maximum Gasteiger partial charge on any atom is 0.251 e. The molecule has 0 radical (unpaired) electrons. The van der Waals surface area contributed by atoms with E-state index < -0.39 is 37.3 Å². The molecular formula is C21H25NO8. The molecule has 0 aromatic heterocycles. The van der Waals surface area contributed by atoms with Gasteiger partial charge in [0.15, 0.2) is 0 Å². The maximum absolute atomic E-state index is 12.1. The smallest absolute Gasteiger partial charge is 0.251 e. The largest absolute Gasteiger partial charge is 0.462 e. The molecule has 5 atom stereocenters. The summed E-state index contributed by atoms with van der Waals surface area (Å²) in [5, 5.41) is 50.4. The molecule has 2 aromatic rings. The highest BCUT2D eigenvalue weighted by atomic mass is 16.7. The Hall–Kier alpha value is -2.53. The quantitative estimate of drug-likeness (QED) is 0.344. The van der Waals surface area contributed by atoms with E-state index in [1.165, 1.54) is 0 Å². The van der Waals surface area contributed by atoms with E-state index in [1.54, 1.807) is 42.5 Å². The van der Waals surface area contributed by atoms with Crippen LogP contribution in [0.5, 0.6) is 5.75 Å². The van der Waals surface area contributed by atoms with Crippen LogP contribution in [0.3, 0.4) is 0 Å². The van der Waals surface area contributed by atoms with E-state index in [1.807, 2.05) is 6.07 Å². The molecule has 3 rings (SSSR count). The van der Waals surface area contributed by atoms with Gasteiger partial charge in [-0.25, -0.2) is 0 Å². The predicted molar refractivity (Wildman–Crippen MR) is 106 cm³/mol. The summed E-state index contributed by atoms with van der Waals surface area (Å²) in [6.45, 7) is -0.500. The second kappa shape index (κ2) is 9.98. The van der Waals surface area contributed by atoms with Gasteiger partial charge in [0.05, 0.1) is 13.2 Å². The van der Waals surface area contributed by atoms with Crippen LogP contribution in [-0.2, 0) is 4.74 Å². The number of rotatable bonds is 7. The summed E-state index contributed by atoms with van der Waals surface area (Å²) in [6, 6.07) is 13.8. The molecule has 1 fully saturated rings. The van der Waals surface area contributed by atoms with Crippen molar-refractivity contribution < 1.29 is 39.8 Å². The fraction of sp³-hybridized carbons (Fsp3) is 0.381. The van der Waals surface area contributed by atoms with Crippen molar-refractivity contribution in [2.75, 3.05) is 19.8 Å². The third kappa shape index (κ3) is 4.96. The topological polar surface area (TPSA) is 149 Å². The second-order valence-electron chi connectivity index (χ2n) is 6.90. The summed E-state index contributed by atoms with van der Waals surface area (Å²) in [6.07, 6.45) is -6.76. The number of carbonyl (C=O) groups excluding carboxylic acids is 1. The molecule has 0 unspecified atom stereocenters. The highest BCUT2D eigenvalue weighted by Crippen LogP contribution is 2.27. The van der Waals surface area contributed by atoms with Crippen molar-refractivity contribution in [3.05, 3.63) is 54.1 Å². The molecule has 1 aliphatic heterocycles. The Morgan fingerprint density at radius 3 is 2.37 bits per heavy atom. The van der Waals surface area contributed by atoms with Gasteiger partial charge in [-0.2, -0.15) is 0 Å². The van der Waals surface area contributed by atoms with Crippen molar-refractivity contribution in [1.29, 1.82) is 0 Å². The lowest BCUT2D eigenvalue weighted by Crippen LogP contribution is -2.60. The Kier molecular flexibility index (Phi) is 7.38. The molecule has 2 aromatic carbocycles. The van der Waals surface area contributed by atoms with E-state index in [0.29, 0.717) is 11.3 Å². The Labute approximate surface area is 173 Å². The summed E-state index contributed by atoms with van der Waals surface area (Å²) in [5.41, 5.74) is 2.07. The number of carbonyl (C=O) groups is 1. The first-order chi connectivity index (χ1) is 14.4. The lowest BCUT2D eigenvalue weighted by atomic mass is 9.99. The van der Waals surface area contributed by atoms with Gasteiger partial charge in [-0.1, -0.05) is 24.3 Å². The van der Waals surface area contributed by atoms with Crippen LogP contribution >= 0.6 is 0 Å². The van der Waals surface area contributed by atoms with Crippen LogP contribution in [0.4, 0.5) is 0 Å². The number of benzene rings is 2. The fourth-order valence-electron chi connectivity index (χ4n) is 3.14. The van der Waals surface area contributed by atoms with Crippen LogP contribution in [0.25, 0.3) is 11.1 Å². The van der Waals surface area contributed by atoms with Crippen molar-refractivity contribution >= 4 is 5.91 Å². The average molecular weight is 419 g/mol.